The highest BCUT2D eigenvalue weighted by Gasteiger charge is 2.12. The Morgan fingerprint density at radius 1 is 1.40 bits per heavy atom. The largest absolute Gasteiger partial charge is 0.502 e. The van der Waals surface area contributed by atoms with Crippen molar-refractivity contribution in [1.29, 1.82) is 5.26 Å². The van der Waals surface area contributed by atoms with Gasteiger partial charge in [0, 0.05) is 6.07 Å². The van der Waals surface area contributed by atoms with E-state index >= 15 is 0 Å². The fraction of sp³-hybridized carbons (Fsp3) is 0.0625. The molecule has 126 valence electrons. The van der Waals surface area contributed by atoms with E-state index in [2.05, 4.69) is 10.5 Å². The van der Waals surface area contributed by atoms with E-state index in [9.17, 15) is 20.0 Å². The number of nitro benzene ring substituents is 1. The number of hydrogen-bond acceptors (Lipinski definition) is 7. The molecule has 0 fully saturated rings. The van der Waals surface area contributed by atoms with Crippen LogP contribution in [0.4, 0.5) is 5.69 Å². The summed E-state index contributed by atoms with van der Waals surface area (Å²) in [7, 11) is 0. The van der Waals surface area contributed by atoms with Gasteiger partial charge in [-0.05, 0) is 29.8 Å². The van der Waals surface area contributed by atoms with Crippen LogP contribution in [0, 0.1) is 21.4 Å². The number of nitriles is 1. The monoisotopic (exact) mass is 340 g/mol. The number of hydrazone groups is 1. The molecule has 2 rings (SSSR count). The Labute approximate surface area is 141 Å². The number of carbonyl (C=O) groups excluding carboxylic acids is 1. The standard InChI is InChI=1S/C16H12N4O5/c17-8-12-3-1-2-4-15(12)25-10-16(22)19-18-9-11-5-6-13(20(23)24)14(21)7-11/h1-7,9,21H,10H2,(H,19,22)/b18-9-. The molecule has 0 saturated carbocycles. The van der Waals surface area contributed by atoms with Crippen LogP contribution in [0.15, 0.2) is 47.6 Å². The number of phenols is 1. The number of nitrogens with zero attached hydrogens (tertiary/aromatic N) is 3. The van der Waals surface area contributed by atoms with Crippen LogP contribution < -0.4 is 10.2 Å². The summed E-state index contributed by atoms with van der Waals surface area (Å²) in [5, 5.41) is 32.7. The third-order valence-corrected chi connectivity index (χ3v) is 2.97. The molecule has 0 spiro atoms. The van der Waals surface area contributed by atoms with Gasteiger partial charge in [-0.25, -0.2) is 5.43 Å². The molecule has 0 bridgehead atoms. The molecule has 0 unspecified atom stereocenters. The van der Waals surface area contributed by atoms with Gasteiger partial charge in [-0.2, -0.15) is 10.4 Å². The molecular formula is C16H12N4O5. The lowest BCUT2D eigenvalue weighted by Gasteiger charge is -2.06. The number of rotatable bonds is 6. The van der Waals surface area contributed by atoms with Gasteiger partial charge in [0.2, 0.25) is 0 Å². The van der Waals surface area contributed by atoms with Crippen LogP contribution in [0.2, 0.25) is 0 Å². The summed E-state index contributed by atoms with van der Waals surface area (Å²) in [6.45, 7) is -0.346. The number of phenolic OH excluding ortho intramolecular Hbond substituents is 1. The van der Waals surface area contributed by atoms with E-state index in [1.54, 1.807) is 24.3 Å². The van der Waals surface area contributed by atoms with Crippen molar-refractivity contribution in [2.24, 2.45) is 5.10 Å². The zero-order valence-corrected chi connectivity index (χ0v) is 12.7. The van der Waals surface area contributed by atoms with Crippen molar-refractivity contribution < 1.29 is 19.6 Å². The lowest BCUT2D eigenvalue weighted by molar-refractivity contribution is -0.385. The molecule has 2 aromatic rings. The molecule has 2 N–H and O–H groups in total. The van der Waals surface area contributed by atoms with Crippen molar-refractivity contribution in [3.63, 3.8) is 0 Å². The number of benzene rings is 2. The predicted octanol–water partition coefficient (Wildman–Crippen LogP) is 1.70. The quantitative estimate of drug-likeness (QED) is 0.466. The highest BCUT2D eigenvalue weighted by molar-refractivity contribution is 5.83. The maximum absolute atomic E-state index is 11.6. The van der Waals surface area contributed by atoms with Crippen LogP contribution in [-0.2, 0) is 4.79 Å². The summed E-state index contributed by atoms with van der Waals surface area (Å²) in [5.41, 5.74) is 2.44. The van der Waals surface area contributed by atoms with Gasteiger partial charge in [0.05, 0.1) is 16.7 Å². The lowest BCUT2D eigenvalue weighted by atomic mass is 10.2. The van der Waals surface area contributed by atoms with Crippen LogP contribution in [0.25, 0.3) is 0 Å². The minimum atomic E-state index is -0.714. The van der Waals surface area contributed by atoms with E-state index in [0.29, 0.717) is 11.1 Å². The second kappa shape index (κ2) is 8.07. The van der Waals surface area contributed by atoms with Gasteiger partial charge in [0.1, 0.15) is 11.8 Å². The van der Waals surface area contributed by atoms with Gasteiger partial charge >= 0.3 is 5.69 Å². The molecule has 0 aliphatic carbocycles. The molecule has 2 aromatic carbocycles. The first-order valence-electron chi connectivity index (χ1n) is 6.92. The fourth-order valence-electron chi connectivity index (χ4n) is 1.81. The number of nitrogens with one attached hydrogen (secondary N) is 1. The number of amides is 1. The van der Waals surface area contributed by atoms with Crippen LogP contribution in [-0.4, -0.2) is 28.8 Å². The predicted molar refractivity (Wildman–Crippen MR) is 87.1 cm³/mol. The van der Waals surface area contributed by atoms with Gasteiger partial charge in [0.25, 0.3) is 5.91 Å². The minimum Gasteiger partial charge on any atom is -0.502 e. The normalized spacial score (nSPS) is 10.2. The summed E-state index contributed by atoms with van der Waals surface area (Å²) in [5.74, 6) is -0.781. The van der Waals surface area contributed by atoms with Crippen molar-refractivity contribution >= 4 is 17.8 Å². The third-order valence-electron chi connectivity index (χ3n) is 2.97. The van der Waals surface area contributed by atoms with Gasteiger partial charge < -0.3 is 9.84 Å². The smallest absolute Gasteiger partial charge is 0.310 e. The molecule has 0 aromatic heterocycles. The molecule has 25 heavy (non-hydrogen) atoms. The second-order valence-electron chi connectivity index (χ2n) is 4.70. The van der Waals surface area contributed by atoms with Gasteiger partial charge in [-0.1, -0.05) is 12.1 Å². The average molecular weight is 340 g/mol. The number of aromatic hydroxyl groups is 1. The summed E-state index contributed by atoms with van der Waals surface area (Å²) < 4.78 is 5.23. The topological polar surface area (TPSA) is 138 Å². The third kappa shape index (κ3) is 4.77. The number of nitro groups is 1. The molecule has 0 radical (unpaired) electrons. The molecule has 1 amide bonds. The van der Waals surface area contributed by atoms with Crippen molar-refractivity contribution in [2.45, 2.75) is 0 Å². The SMILES string of the molecule is N#Cc1ccccc1OCC(=O)N/N=C\c1ccc([N+](=O)[O-])c(O)c1. The van der Waals surface area contributed by atoms with Crippen LogP contribution in [0.3, 0.4) is 0 Å². The Morgan fingerprint density at radius 3 is 2.84 bits per heavy atom. The molecule has 9 nitrogen and oxygen atoms in total. The Morgan fingerprint density at radius 2 is 2.16 bits per heavy atom. The molecule has 0 heterocycles. The van der Waals surface area contributed by atoms with E-state index in [4.69, 9.17) is 10.00 Å². The van der Waals surface area contributed by atoms with E-state index in [-0.39, 0.29) is 12.4 Å². The molecule has 0 aliphatic heterocycles. The van der Waals surface area contributed by atoms with Gasteiger partial charge in [-0.15, -0.1) is 0 Å². The maximum atomic E-state index is 11.6. The molecule has 0 aliphatic rings. The van der Waals surface area contributed by atoms with E-state index in [1.165, 1.54) is 12.3 Å². The van der Waals surface area contributed by atoms with Crippen LogP contribution >= 0.6 is 0 Å². The first kappa shape index (κ1) is 17.4. The van der Waals surface area contributed by atoms with Crippen molar-refractivity contribution in [3.8, 4) is 17.6 Å². The Kier molecular flexibility index (Phi) is 5.63. The summed E-state index contributed by atoms with van der Waals surface area (Å²) in [6, 6.07) is 12.1. The van der Waals surface area contributed by atoms with Crippen LogP contribution in [0.5, 0.6) is 11.5 Å². The number of para-hydroxylation sites is 1. The van der Waals surface area contributed by atoms with E-state index in [1.807, 2.05) is 6.07 Å². The summed E-state index contributed by atoms with van der Waals surface area (Å²) in [4.78, 5) is 21.5. The first-order chi connectivity index (χ1) is 12.0. The van der Waals surface area contributed by atoms with Gasteiger partial charge in [0.15, 0.2) is 12.4 Å². The Bertz CT molecular complexity index is 873. The molecule has 0 atom stereocenters. The first-order valence-corrected chi connectivity index (χ1v) is 6.92. The minimum absolute atomic E-state index is 0.282. The molecular weight excluding hydrogens is 328 g/mol. The maximum Gasteiger partial charge on any atom is 0.310 e. The Hall–Kier alpha value is -3.93. The summed E-state index contributed by atoms with van der Waals surface area (Å²) >= 11 is 0. The van der Waals surface area contributed by atoms with Crippen molar-refractivity contribution in [2.75, 3.05) is 6.61 Å². The zero-order valence-electron chi connectivity index (χ0n) is 12.7. The van der Waals surface area contributed by atoms with E-state index < -0.39 is 22.3 Å². The van der Waals surface area contributed by atoms with Crippen molar-refractivity contribution in [1.82, 2.24) is 5.43 Å². The highest BCUT2D eigenvalue weighted by Crippen LogP contribution is 2.25. The van der Waals surface area contributed by atoms with E-state index in [0.717, 1.165) is 12.1 Å². The number of hydrogen-bond donors (Lipinski definition) is 2. The molecule has 9 heteroatoms. The number of ether oxygens (including phenoxy) is 1. The van der Waals surface area contributed by atoms with Gasteiger partial charge in [-0.3, -0.25) is 14.9 Å². The second-order valence-corrected chi connectivity index (χ2v) is 4.70. The number of carbonyl (C=O) groups is 1. The Balaban J connectivity index is 1.89. The van der Waals surface area contributed by atoms with Crippen LogP contribution in [0.1, 0.15) is 11.1 Å². The van der Waals surface area contributed by atoms with Crippen molar-refractivity contribution in [3.05, 3.63) is 63.7 Å². The lowest BCUT2D eigenvalue weighted by Crippen LogP contribution is -2.24. The zero-order chi connectivity index (χ0) is 18.2. The highest BCUT2D eigenvalue weighted by atomic mass is 16.6. The average Bonchev–Trinajstić information content (AvgIpc) is 2.60. The molecule has 0 saturated heterocycles. The summed E-state index contributed by atoms with van der Waals surface area (Å²) in [6.07, 6.45) is 1.21. The fourth-order valence-corrected chi connectivity index (χ4v) is 1.81.